The number of carbonyl (C=O) groups excluding carboxylic acids is 1. The lowest BCUT2D eigenvalue weighted by Crippen LogP contribution is -2.27. The van der Waals surface area contributed by atoms with E-state index >= 15 is 0 Å². The van der Waals surface area contributed by atoms with Crippen LogP contribution in [0.4, 0.5) is 5.69 Å². The molecule has 5 aromatic rings. The Bertz CT molecular complexity index is 1870. The van der Waals surface area contributed by atoms with E-state index in [-0.39, 0.29) is 5.91 Å². The second kappa shape index (κ2) is 10.5. The van der Waals surface area contributed by atoms with Crippen molar-refractivity contribution in [1.82, 2.24) is 19.4 Å². The number of hydrogen-bond acceptors (Lipinski definition) is 6. The van der Waals surface area contributed by atoms with Gasteiger partial charge < -0.3 is 24.3 Å². The van der Waals surface area contributed by atoms with E-state index in [4.69, 9.17) is 32.6 Å². The zero-order chi connectivity index (χ0) is 29.9. The zero-order valence-electron chi connectivity index (χ0n) is 24.0. The third-order valence-corrected chi connectivity index (χ3v) is 8.59. The minimum Gasteiger partial charge on any atom is -0.434 e. The summed E-state index contributed by atoms with van der Waals surface area (Å²) in [7, 11) is 3.93. The van der Waals surface area contributed by atoms with E-state index in [1.165, 1.54) is 0 Å². The van der Waals surface area contributed by atoms with E-state index in [9.17, 15) is 9.90 Å². The molecule has 0 fully saturated rings. The minimum absolute atomic E-state index is 0.312. The second-order valence-corrected chi connectivity index (χ2v) is 12.1. The molecule has 3 heterocycles. The summed E-state index contributed by atoms with van der Waals surface area (Å²) >= 11 is 13.4. The molecule has 0 bridgehead atoms. The van der Waals surface area contributed by atoms with Crippen molar-refractivity contribution in [2.45, 2.75) is 39.3 Å². The van der Waals surface area contributed by atoms with Crippen LogP contribution < -0.4 is 5.32 Å². The highest BCUT2D eigenvalue weighted by molar-refractivity contribution is 6.36. The van der Waals surface area contributed by atoms with Crippen LogP contribution in [0.2, 0.25) is 10.0 Å². The summed E-state index contributed by atoms with van der Waals surface area (Å²) in [6, 6.07) is 14.8. The number of halogens is 2. The van der Waals surface area contributed by atoms with Crippen LogP contribution in [0.15, 0.2) is 52.9 Å². The average molecular weight is 605 g/mol. The van der Waals surface area contributed by atoms with Crippen LogP contribution in [0.3, 0.4) is 0 Å². The number of hydrogen-bond donors (Lipinski definition) is 2. The molecule has 8 nitrogen and oxygen atoms in total. The van der Waals surface area contributed by atoms with E-state index in [0.29, 0.717) is 44.1 Å². The van der Waals surface area contributed by atoms with Crippen LogP contribution in [-0.4, -0.2) is 44.0 Å². The fourth-order valence-corrected chi connectivity index (χ4v) is 6.02. The molecule has 3 aromatic carbocycles. The zero-order valence-corrected chi connectivity index (χ0v) is 25.6. The molecular formula is C32H31Cl2N5O3. The van der Waals surface area contributed by atoms with Crippen LogP contribution >= 0.6 is 23.2 Å². The first-order valence-electron chi connectivity index (χ1n) is 13.7. The minimum atomic E-state index is -1.07. The lowest BCUT2D eigenvalue weighted by molar-refractivity contribution is 0.0787. The van der Waals surface area contributed by atoms with E-state index in [2.05, 4.69) is 15.2 Å². The van der Waals surface area contributed by atoms with Gasteiger partial charge in [-0.05, 0) is 68.8 Å². The van der Waals surface area contributed by atoms with E-state index in [0.717, 1.165) is 53.2 Å². The molecule has 0 radical (unpaired) electrons. The molecule has 0 spiro atoms. The van der Waals surface area contributed by atoms with Gasteiger partial charge in [0, 0.05) is 43.4 Å². The van der Waals surface area contributed by atoms with Crippen LogP contribution in [0.1, 0.15) is 47.0 Å². The SMILES string of the molecule is Cc1c(-c2nc3cc(C(C)(C)O)cc(Cl)c3o2)cccc1-c1cccc(NC(=O)c2nc3c(n2C)CCN(C)C3)c1Cl. The molecule has 2 aromatic heterocycles. The average Bonchev–Trinajstić information content (AvgIpc) is 3.51. The quantitative estimate of drug-likeness (QED) is 0.225. The molecule has 1 aliphatic heterocycles. The third-order valence-electron chi connectivity index (χ3n) is 7.90. The van der Waals surface area contributed by atoms with Crippen molar-refractivity contribution in [2.75, 3.05) is 18.9 Å². The highest BCUT2D eigenvalue weighted by atomic mass is 35.5. The molecule has 1 amide bonds. The van der Waals surface area contributed by atoms with Crippen molar-refractivity contribution in [1.29, 1.82) is 0 Å². The molecule has 42 heavy (non-hydrogen) atoms. The molecule has 6 rings (SSSR count). The molecule has 2 N–H and O–H groups in total. The van der Waals surface area contributed by atoms with E-state index < -0.39 is 5.60 Å². The van der Waals surface area contributed by atoms with Crippen molar-refractivity contribution >= 4 is 45.9 Å². The Kier molecular flexibility index (Phi) is 7.14. The maximum atomic E-state index is 13.3. The number of likely N-dealkylation sites (N-methyl/N-ethyl adjacent to an activating group) is 1. The van der Waals surface area contributed by atoms with Gasteiger partial charge in [-0.15, -0.1) is 0 Å². The molecule has 1 aliphatic rings. The maximum Gasteiger partial charge on any atom is 0.291 e. The molecule has 0 saturated heterocycles. The number of aromatic nitrogens is 3. The Balaban J connectivity index is 1.34. The predicted molar refractivity (Wildman–Crippen MR) is 166 cm³/mol. The Morgan fingerprint density at radius 3 is 2.52 bits per heavy atom. The first kappa shape index (κ1) is 28.4. The van der Waals surface area contributed by atoms with Crippen molar-refractivity contribution in [3.05, 3.63) is 86.9 Å². The molecule has 216 valence electrons. The van der Waals surface area contributed by atoms with Gasteiger partial charge in [0.05, 0.1) is 27.0 Å². The van der Waals surface area contributed by atoms with Crippen molar-refractivity contribution < 1.29 is 14.3 Å². The second-order valence-electron chi connectivity index (χ2n) is 11.4. The first-order chi connectivity index (χ1) is 19.9. The fourth-order valence-electron chi connectivity index (χ4n) is 5.50. The number of benzene rings is 3. The molecule has 10 heteroatoms. The summed E-state index contributed by atoms with van der Waals surface area (Å²) in [4.78, 5) is 24.9. The van der Waals surface area contributed by atoms with Gasteiger partial charge in [-0.2, -0.15) is 0 Å². The van der Waals surface area contributed by atoms with E-state index in [1.807, 2.05) is 55.9 Å². The summed E-state index contributed by atoms with van der Waals surface area (Å²) in [5.41, 5.74) is 6.40. The number of carbonyl (C=O) groups is 1. The topological polar surface area (TPSA) is 96.4 Å². The number of anilines is 1. The summed E-state index contributed by atoms with van der Waals surface area (Å²) in [6.45, 7) is 7.01. The monoisotopic (exact) mass is 603 g/mol. The number of imidazole rings is 1. The molecule has 0 saturated carbocycles. The van der Waals surface area contributed by atoms with Gasteiger partial charge in [0.25, 0.3) is 5.91 Å². The highest BCUT2D eigenvalue weighted by Crippen LogP contribution is 2.40. The lowest BCUT2D eigenvalue weighted by Gasteiger charge is -2.21. The number of nitrogens with one attached hydrogen (secondary N) is 1. The number of rotatable bonds is 5. The van der Waals surface area contributed by atoms with Crippen LogP contribution in [0, 0.1) is 6.92 Å². The standard InChI is InChI=1S/C32H31Cl2N5O3/c1-17-19(8-6-9-20(17)31-37-24-15-18(32(2,3)41)14-22(33)28(24)42-31)21-10-7-11-23(27(21)34)36-30(40)29-35-25-16-38(4)13-12-26(25)39(29)5/h6-11,14-15,41H,12-13,16H2,1-5H3,(H,36,40). The maximum absolute atomic E-state index is 13.3. The lowest BCUT2D eigenvalue weighted by atomic mass is 9.96. The summed E-state index contributed by atoms with van der Waals surface area (Å²) in [5.74, 6) is 0.453. The number of nitrogens with zero attached hydrogens (tertiary/aromatic N) is 4. The number of fused-ring (bicyclic) bond motifs is 2. The summed E-state index contributed by atoms with van der Waals surface area (Å²) in [5, 5.41) is 14.2. The van der Waals surface area contributed by atoms with E-state index in [1.54, 1.807) is 32.0 Å². The Hall–Kier alpha value is -3.69. The van der Waals surface area contributed by atoms with Crippen LogP contribution in [-0.2, 0) is 25.6 Å². The molecule has 0 unspecified atom stereocenters. The Labute approximate surface area is 253 Å². The van der Waals surface area contributed by atoms with Crippen molar-refractivity contribution in [3.8, 4) is 22.6 Å². The smallest absolute Gasteiger partial charge is 0.291 e. The molecule has 0 atom stereocenters. The summed E-state index contributed by atoms with van der Waals surface area (Å²) in [6.07, 6.45) is 0.849. The van der Waals surface area contributed by atoms with Gasteiger partial charge in [0.15, 0.2) is 11.4 Å². The first-order valence-corrected chi connectivity index (χ1v) is 14.4. The number of amides is 1. The van der Waals surface area contributed by atoms with Crippen molar-refractivity contribution in [3.63, 3.8) is 0 Å². The largest absolute Gasteiger partial charge is 0.434 e. The van der Waals surface area contributed by atoms with Gasteiger partial charge >= 0.3 is 0 Å². The normalized spacial score (nSPS) is 13.9. The van der Waals surface area contributed by atoms with Crippen LogP contribution in [0.5, 0.6) is 0 Å². The van der Waals surface area contributed by atoms with Gasteiger partial charge in [-0.3, -0.25) is 4.79 Å². The third kappa shape index (κ3) is 4.98. The van der Waals surface area contributed by atoms with Gasteiger partial charge in [0.2, 0.25) is 5.89 Å². The fraction of sp³-hybridized carbons (Fsp3) is 0.281. The van der Waals surface area contributed by atoms with Gasteiger partial charge in [-0.1, -0.05) is 47.5 Å². The number of oxazole rings is 1. The van der Waals surface area contributed by atoms with Crippen LogP contribution in [0.25, 0.3) is 33.7 Å². The molecule has 0 aliphatic carbocycles. The van der Waals surface area contributed by atoms with Crippen molar-refractivity contribution in [2.24, 2.45) is 7.05 Å². The predicted octanol–water partition coefficient (Wildman–Crippen LogP) is 6.98. The summed E-state index contributed by atoms with van der Waals surface area (Å²) < 4.78 is 7.98. The van der Waals surface area contributed by atoms with Gasteiger partial charge in [-0.25, -0.2) is 9.97 Å². The molecular weight excluding hydrogens is 573 g/mol. The number of aliphatic hydroxyl groups is 1. The Morgan fingerprint density at radius 1 is 1.05 bits per heavy atom. The Morgan fingerprint density at radius 2 is 1.76 bits per heavy atom. The highest BCUT2D eigenvalue weighted by Gasteiger charge is 2.25. The van der Waals surface area contributed by atoms with Gasteiger partial charge in [0.1, 0.15) is 5.52 Å².